The van der Waals surface area contributed by atoms with Crippen molar-refractivity contribution in [3.8, 4) is 0 Å². The number of piperazine rings is 1. The summed E-state index contributed by atoms with van der Waals surface area (Å²) < 4.78 is 0. The highest BCUT2D eigenvalue weighted by atomic mass is 35.5. The van der Waals surface area contributed by atoms with Crippen LogP contribution in [-0.2, 0) is 4.79 Å². The van der Waals surface area contributed by atoms with Crippen LogP contribution in [0.25, 0.3) is 6.08 Å². The number of carbonyl (C=O) groups excluding carboxylic acids is 1. The maximum atomic E-state index is 12.3. The van der Waals surface area contributed by atoms with E-state index in [4.69, 9.17) is 11.6 Å². The lowest BCUT2D eigenvalue weighted by atomic mass is 10.2. The van der Waals surface area contributed by atoms with Crippen molar-refractivity contribution in [2.24, 2.45) is 0 Å². The van der Waals surface area contributed by atoms with Crippen LogP contribution in [0.5, 0.6) is 0 Å². The highest BCUT2D eigenvalue weighted by Crippen LogP contribution is 2.23. The van der Waals surface area contributed by atoms with Gasteiger partial charge in [0.25, 0.3) is 0 Å². The topological polar surface area (TPSA) is 35.6 Å². The lowest BCUT2D eigenvalue weighted by molar-refractivity contribution is -0.116. The normalized spacial score (nSPS) is 15.8. The van der Waals surface area contributed by atoms with Crippen molar-refractivity contribution in [3.63, 3.8) is 0 Å². The molecule has 0 unspecified atom stereocenters. The maximum Gasteiger partial charge on any atom is 0.225 e. The van der Waals surface area contributed by atoms with Crippen molar-refractivity contribution >= 4 is 29.3 Å². The van der Waals surface area contributed by atoms with Crippen LogP contribution in [0, 0.1) is 6.92 Å². The van der Waals surface area contributed by atoms with Gasteiger partial charge in [-0.3, -0.25) is 9.69 Å². The van der Waals surface area contributed by atoms with Gasteiger partial charge in [-0.15, -0.1) is 0 Å². The van der Waals surface area contributed by atoms with Crippen molar-refractivity contribution in [2.75, 3.05) is 44.6 Å². The Balaban J connectivity index is 1.35. The van der Waals surface area contributed by atoms with Gasteiger partial charge in [0.2, 0.25) is 5.91 Å². The number of hydrogen-bond acceptors (Lipinski definition) is 3. The number of hydrogen-bond donors (Lipinski definition) is 1. The van der Waals surface area contributed by atoms with Crippen LogP contribution in [0.4, 0.5) is 5.69 Å². The SMILES string of the molecule is Cc1c(Cl)cccc1NC(=O)CCN1CCN(C/C=C/c2ccccc2)CC1. The minimum atomic E-state index is 0.0404. The number of rotatable bonds is 7. The lowest BCUT2D eigenvalue weighted by Crippen LogP contribution is -2.46. The molecule has 1 saturated heterocycles. The molecule has 0 saturated carbocycles. The van der Waals surface area contributed by atoms with E-state index in [1.54, 1.807) is 0 Å². The fraction of sp³-hybridized carbons (Fsp3) is 0.348. The fourth-order valence-electron chi connectivity index (χ4n) is 3.31. The van der Waals surface area contributed by atoms with Gasteiger partial charge < -0.3 is 10.2 Å². The van der Waals surface area contributed by atoms with Gasteiger partial charge in [-0.25, -0.2) is 0 Å². The molecule has 2 aromatic carbocycles. The zero-order chi connectivity index (χ0) is 19.8. The molecule has 2 aromatic rings. The Labute approximate surface area is 172 Å². The average Bonchev–Trinajstić information content (AvgIpc) is 2.72. The van der Waals surface area contributed by atoms with E-state index >= 15 is 0 Å². The minimum Gasteiger partial charge on any atom is -0.326 e. The van der Waals surface area contributed by atoms with Gasteiger partial charge >= 0.3 is 0 Å². The van der Waals surface area contributed by atoms with Crippen LogP contribution < -0.4 is 5.32 Å². The first-order valence-electron chi connectivity index (χ1n) is 9.83. The molecule has 0 spiro atoms. The van der Waals surface area contributed by atoms with E-state index < -0.39 is 0 Å². The van der Waals surface area contributed by atoms with E-state index in [1.807, 2.05) is 31.2 Å². The van der Waals surface area contributed by atoms with Crippen LogP contribution in [0.2, 0.25) is 5.02 Å². The van der Waals surface area contributed by atoms with Gasteiger partial charge in [-0.1, -0.05) is 60.2 Å². The Hall–Kier alpha value is -2.14. The zero-order valence-corrected chi connectivity index (χ0v) is 17.2. The molecular weight excluding hydrogens is 370 g/mol. The summed E-state index contributed by atoms with van der Waals surface area (Å²) in [6.45, 7) is 7.76. The summed E-state index contributed by atoms with van der Waals surface area (Å²) in [5.74, 6) is 0.0404. The Kier molecular flexibility index (Phi) is 7.66. The van der Waals surface area contributed by atoms with Crippen molar-refractivity contribution < 1.29 is 4.79 Å². The van der Waals surface area contributed by atoms with Gasteiger partial charge in [0.1, 0.15) is 0 Å². The van der Waals surface area contributed by atoms with E-state index in [0.29, 0.717) is 11.4 Å². The number of nitrogens with zero attached hydrogens (tertiary/aromatic N) is 2. The molecule has 1 N–H and O–H groups in total. The molecule has 1 fully saturated rings. The standard InChI is InChI=1S/C23H28ClN3O/c1-19-21(24)10-5-11-22(19)25-23(28)12-14-27-17-15-26(16-18-27)13-6-9-20-7-3-2-4-8-20/h2-11H,12-18H2,1H3,(H,25,28)/b9-6+. The van der Waals surface area contributed by atoms with E-state index in [2.05, 4.69) is 51.5 Å². The summed E-state index contributed by atoms with van der Waals surface area (Å²) in [7, 11) is 0. The number of anilines is 1. The lowest BCUT2D eigenvalue weighted by Gasteiger charge is -2.34. The summed E-state index contributed by atoms with van der Waals surface area (Å²) in [6.07, 6.45) is 4.90. The predicted octanol–water partition coefficient (Wildman–Crippen LogP) is 4.31. The van der Waals surface area contributed by atoms with E-state index in [-0.39, 0.29) is 5.91 Å². The van der Waals surface area contributed by atoms with Gasteiger partial charge in [-0.2, -0.15) is 0 Å². The smallest absolute Gasteiger partial charge is 0.225 e. The van der Waals surface area contributed by atoms with Crippen molar-refractivity contribution in [2.45, 2.75) is 13.3 Å². The van der Waals surface area contributed by atoms with Crippen molar-refractivity contribution in [1.82, 2.24) is 9.80 Å². The molecule has 3 rings (SSSR count). The zero-order valence-electron chi connectivity index (χ0n) is 16.4. The van der Waals surface area contributed by atoms with Crippen LogP contribution in [0.1, 0.15) is 17.5 Å². The van der Waals surface area contributed by atoms with Gasteiger partial charge in [0.15, 0.2) is 0 Å². The minimum absolute atomic E-state index is 0.0404. The van der Waals surface area contributed by atoms with Gasteiger partial charge in [0.05, 0.1) is 0 Å². The number of benzene rings is 2. The Morgan fingerprint density at radius 2 is 1.75 bits per heavy atom. The van der Waals surface area contributed by atoms with Crippen LogP contribution >= 0.6 is 11.6 Å². The fourth-order valence-corrected chi connectivity index (χ4v) is 3.49. The van der Waals surface area contributed by atoms with E-state index in [0.717, 1.165) is 50.5 Å². The van der Waals surface area contributed by atoms with Gasteiger partial charge in [0, 0.05) is 56.4 Å². The molecule has 0 atom stereocenters. The first-order valence-corrected chi connectivity index (χ1v) is 10.2. The van der Waals surface area contributed by atoms with Crippen LogP contribution in [0.15, 0.2) is 54.6 Å². The second kappa shape index (κ2) is 10.4. The Morgan fingerprint density at radius 1 is 1.04 bits per heavy atom. The monoisotopic (exact) mass is 397 g/mol. The largest absolute Gasteiger partial charge is 0.326 e. The third-order valence-corrected chi connectivity index (χ3v) is 5.54. The Morgan fingerprint density at radius 3 is 2.50 bits per heavy atom. The molecule has 1 aliphatic heterocycles. The molecule has 0 radical (unpaired) electrons. The van der Waals surface area contributed by atoms with Gasteiger partial charge in [-0.05, 0) is 30.2 Å². The van der Waals surface area contributed by atoms with Crippen molar-refractivity contribution in [1.29, 1.82) is 0 Å². The highest BCUT2D eigenvalue weighted by molar-refractivity contribution is 6.31. The Bertz CT molecular complexity index is 799. The molecule has 0 bridgehead atoms. The second-order valence-electron chi connectivity index (χ2n) is 7.17. The number of nitrogens with one attached hydrogen (secondary N) is 1. The molecule has 5 heteroatoms. The quantitative estimate of drug-likeness (QED) is 0.756. The maximum absolute atomic E-state index is 12.3. The van der Waals surface area contributed by atoms with E-state index in [1.165, 1.54) is 5.56 Å². The summed E-state index contributed by atoms with van der Waals surface area (Å²) in [5.41, 5.74) is 2.95. The average molecular weight is 398 g/mol. The molecule has 0 aliphatic carbocycles. The summed E-state index contributed by atoms with van der Waals surface area (Å²) in [5, 5.41) is 3.65. The molecule has 1 aliphatic rings. The molecule has 1 amide bonds. The van der Waals surface area contributed by atoms with Crippen LogP contribution in [0.3, 0.4) is 0 Å². The third-order valence-electron chi connectivity index (χ3n) is 5.14. The molecule has 28 heavy (non-hydrogen) atoms. The molecule has 148 valence electrons. The van der Waals surface area contributed by atoms with Crippen molar-refractivity contribution in [3.05, 3.63) is 70.8 Å². The summed E-state index contributed by atoms with van der Waals surface area (Å²) in [6, 6.07) is 16.0. The number of carbonyl (C=O) groups is 1. The summed E-state index contributed by atoms with van der Waals surface area (Å²) in [4.78, 5) is 17.1. The summed E-state index contributed by atoms with van der Waals surface area (Å²) >= 11 is 6.11. The van der Waals surface area contributed by atoms with Crippen LogP contribution in [-0.4, -0.2) is 55.0 Å². The molecule has 4 nitrogen and oxygen atoms in total. The third kappa shape index (κ3) is 6.20. The number of halogens is 1. The first kappa shape index (κ1) is 20.6. The first-order chi connectivity index (χ1) is 13.6. The van der Waals surface area contributed by atoms with E-state index in [9.17, 15) is 4.79 Å². The second-order valence-corrected chi connectivity index (χ2v) is 7.57. The molecule has 0 aromatic heterocycles. The predicted molar refractivity (Wildman–Crippen MR) is 118 cm³/mol. The highest BCUT2D eigenvalue weighted by Gasteiger charge is 2.16. The number of amides is 1. The molecule has 1 heterocycles. The molecular formula is C23H28ClN3O.